The Morgan fingerprint density at radius 1 is 1.38 bits per heavy atom. The third-order valence-electron chi connectivity index (χ3n) is 3.87. The number of carbonyl (C=O) groups excluding carboxylic acids is 1. The standard InChI is InChI=1S/C14H17N5OS/c1-2-11-13(21-18-17-11)14(20)19-7-3-10(4-8-19)12-9-15-5-6-16-12/h5-6,9-10H,2-4,7-8H2,1H3. The van der Waals surface area contributed by atoms with Crippen molar-refractivity contribution in [2.75, 3.05) is 13.1 Å². The van der Waals surface area contributed by atoms with Crippen LogP contribution < -0.4 is 0 Å². The molecular formula is C14H17N5OS. The van der Waals surface area contributed by atoms with Gasteiger partial charge in [-0.2, -0.15) is 0 Å². The van der Waals surface area contributed by atoms with Crippen LogP contribution in [0.1, 0.15) is 46.7 Å². The summed E-state index contributed by atoms with van der Waals surface area (Å²) in [4.78, 5) is 23.6. The molecule has 0 radical (unpaired) electrons. The Bertz CT molecular complexity index is 607. The monoisotopic (exact) mass is 303 g/mol. The van der Waals surface area contributed by atoms with Gasteiger partial charge in [-0.25, -0.2) is 0 Å². The zero-order valence-corrected chi connectivity index (χ0v) is 12.7. The highest BCUT2D eigenvalue weighted by molar-refractivity contribution is 7.08. The van der Waals surface area contributed by atoms with E-state index < -0.39 is 0 Å². The van der Waals surface area contributed by atoms with E-state index in [0.29, 0.717) is 10.8 Å². The van der Waals surface area contributed by atoms with Gasteiger partial charge in [-0.1, -0.05) is 11.4 Å². The topological polar surface area (TPSA) is 71.9 Å². The van der Waals surface area contributed by atoms with Gasteiger partial charge in [0.2, 0.25) is 0 Å². The molecule has 6 nitrogen and oxygen atoms in total. The summed E-state index contributed by atoms with van der Waals surface area (Å²) >= 11 is 1.20. The van der Waals surface area contributed by atoms with Crippen molar-refractivity contribution in [2.24, 2.45) is 0 Å². The van der Waals surface area contributed by atoms with Crippen LogP contribution in [0.5, 0.6) is 0 Å². The summed E-state index contributed by atoms with van der Waals surface area (Å²) < 4.78 is 3.90. The average Bonchev–Trinajstić information content (AvgIpc) is 3.04. The van der Waals surface area contributed by atoms with Crippen LogP contribution in [-0.4, -0.2) is 43.5 Å². The van der Waals surface area contributed by atoms with Crippen molar-refractivity contribution < 1.29 is 4.79 Å². The van der Waals surface area contributed by atoms with Crippen LogP contribution in [0.15, 0.2) is 18.6 Å². The van der Waals surface area contributed by atoms with Gasteiger partial charge in [0, 0.05) is 37.6 Å². The van der Waals surface area contributed by atoms with E-state index in [9.17, 15) is 4.79 Å². The highest BCUT2D eigenvalue weighted by atomic mass is 32.1. The largest absolute Gasteiger partial charge is 0.338 e. The highest BCUT2D eigenvalue weighted by Gasteiger charge is 2.27. The maximum Gasteiger partial charge on any atom is 0.267 e. The van der Waals surface area contributed by atoms with Crippen molar-refractivity contribution >= 4 is 17.4 Å². The molecule has 7 heteroatoms. The molecular weight excluding hydrogens is 286 g/mol. The molecule has 0 bridgehead atoms. The number of nitrogens with zero attached hydrogens (tertiary/aromatic N) is 5. The molecule has 2 aromatic rings. The predicted molar refractivity (Wildman–Crippen MR) is 79.2 cm³/mol. The lowest BCUT2D eigenvalue weighted by molar-refractivity contribution is 0.0715. The number of piperidine rings is 1. The lowest BCUT2D eigenvalue weighted by Crippen LogP contribution is -2.38. The first-order valence-electron chi connectivity index (χ1n) is 7.16. The lowest BCUT2D eigenvalue weighted by atomic mass is 9.93. The fourth-order valence-corrected chi connectivity index (χ4v) is 3.36. The normalized spacial score (nSPS) is 16.1. The number of carbonyl (C=O) groups is 1. The van der Waals surface area contributed by atoms with Crippen LogP contribution in [0.4, 0.5) is 0 Å². The lowest BCUT2D eigenvalue weighted by Gasteiger charge is -2.31. The highest BCUT2D eigenvalue weighted by Crippen LogP contribution is 2.27. The van der Waals surface area contributed by atoms with Crippen molar-refractivity contribution in [3.63, 3.8) is 0 Å². The molecule has 0 unspecified atom stereocenters. The Labute approximate surface area is 127 Å². The molecule has 0 N–H and O–H groups in total. The van der Waals surface area contributed by atoms with Gasteiger partial charge in [0.1, 0.15) is 4.88 Å². The van der Waals surface area contributed by atoms with Gasteiger partial charge in [0.15, 0.2) is 0 Å². The average molecular weight is 303 g/mol. The van der Waals surface area contributed by atoms with E-state index in [1.165, 1.54) is 11.5 Å². The molecule has 0 atom stereocenters. The molecule has 0 saturated carbocycles. The zero-order valence-electron chi connectivity index (χ0n) is 11.9. The number of likely N-dealkylation sites (tertiary alicyclic amines) is 1. The van der Waals surface area contributed by atoms with Gasteiger partial charge in [0.25, 0.3) is 5.91 Å². The Kier molecular flexibility index (Phi) is 4.19. The van der Waals surface area contributed by atoms with Gasteiger partial charge in [0.05, 0.1) is 11.4 Å². The molecule has 0 aliphatic carbocycles. The summed E-state index contributed by atoms with van der Waals surface area (Å²) in [7, 11) is 0. The summed E-state index contributed by atoms with van der Waals surface area (Å²) in [5.74, 6) is 0.465. The van der Waals surface area contributed by atoms with Gasteiger partial charge >= 0.3 is 0 Å². The van der Waals surface area contributed by atoms with Crippen molar-refractivity contribution in [1.29, 1.82) is 0 Å². The van der Waals surface area contributed by atoms with Gasteiger partial charge in [-0.15, -0.1) is 5.10 Å². The second-order valence-electron chi connectivity index (χ2n) is 5.10. The molecule has 0 spiro atoms. The van der Waals surface area contributed by atoms with Crippen LogP contribution in [0.3, 0.4) is 0 Å². The molecule has 1 aliphatic rings. The van der Waals surface area contributed by atoms with Crippen LogP contribution in [0.25, 0.3) is 0 Å². The maximum atomic E-state index is 12.5. The molecule has 1 fully saturated rings. The summed E-state index contributed by atoms with van der Waals surface area (Å²) in [6.07, 6.45) is 7.84. The van der Waals surface area contributed by atoms with Crippen LogP contribution >= 0.6 is 11.5 Å². The van der Waals surface area contributed by atoms with Gasteiger partial charge < -0.3 is 4.90 Å². The predicted octanol–water partition coefficient (Wildman–Crippen LogP) is 1.91. The molecule has 1 amide bonds. The first-order chi connectivity index (χ1) is 10.3. The fraction of sp³-hybridized carbons (Fsp3) is 0.500. The molecule has 21 heavy (non-hydrogen) atoms. The molecule has 1 aliphatic heterocycles. The van der Waals surface area contributed by atoms with E-state index in [0.717, 1.165) is 43.7 Å². The molecule has 0 aromatic carbocycles. The summed E-state index contributed by atoms with van der Waals surface area (Å²) in [6, 6.07) is 0. The second kappa shape index (κ2) is 6.26. The number of hydrogen-bond donors (Lipinski definition) is 0. The molecule has 3 heterocycles. The molecule has 1 saturated heterocycles. The number of rotatable bonds is 3. The fourth-order valence-electron chi connectivity index (χ4n) is 2.65. The van der Waals surface area contributed by atoms with Crippen LogP contribution in [0, 0.1) is 0 Å². The van der Waals surface area contributed by atoms with Crippen molar-refractivity contribution in [3.8, 4) is 0 Å². The minimum absolute atomic E-state index is 0.0689. The molecule has 2 aromatic heterocycles. The second-order valence-corrected chi connectivity index (χ2v) is 5.85. The van der Waals surface area contributed by atoms with Crippen LogP contribution in [-0.2, 0) is 6.42 Å². The van der Waals surface area contributed by atoms with E-state index in [-0.39, 0.29) is 5.91 Å². The van der Waals surface area contributed by atoms with Crippen LogP contribution in [0.2, 0.25) is 0 Å². The minimum Gasteiger partial charge on any atom is -0.338 e. The van der Waals surface area contributed by atoms with Gasteiger partial charge in [-0.3, -0.25) is 14.8 Å². The van der Waals surface area contributed by atoms with E-state index in [1.807, 2.05) is 18.0 Å². The number of aromatic nitrogens is 4. The first kappa shape index (κ1) is 14.1. The summed E-state index contributed by atoms with van der Waals surface area (Å²) in [5.41, 5.74) is 1.83. The van der Waals surface area contributed by atoms with E-state index in [4.69, 9.17) is 0 Å². The first-order valence-corrected chi connectivity index (χ1v) is 7.93. The van der Waals surface area contributed by atoms with E-state index in [1.54, 1.807) is 12.4 Å². The zero-order chi connectivity index (χ0) is 14.7. The summed E-state index contributed by atoms with van der Waals surface area (Å²) in [5, 5.41) is 4.02. The third-order valence-corrected chi connectivity index (χ3v) is 4.62. The Morgan fingerprint density at radius 3 is 2.86 bits per heavy atom. The van der Waals surface area contributed by atoms with Crippen molar-refractivity contribution in [2.45, 2.75) is 32.1 Å². The quantitative estimate of drug-likeness (QED) is 0.866. The SMILES string of the molecule is CCc1nnsc1C(=O)N1CCC(c2cnccn2)CC1. The van der Waals surface area contributed by atoms with E-state index >= 15 is 0 Å². The smallest absolute Gasteiger partial charge is 0.267 e. The summed E-state index contributed by atoms with van der Waals surface area (Å²) in [6.45, 7) is 3.50. The Balaban J connectivity index is 1.65. The molecule has 110 valence electrons. The minimum atomic E-state index is 0.0689. The van der Waals surface area contributed by atoms with Crippen molar-refractivity contribution in [3.05, 3.63) is 34.9 Å². The van der Waals surface area contributed by atoms with Gasteiger partial charge in [-0.05, 0) is 30.8 Å². The Morgan fingerprint density at radius 2 is 2.19 bits per heavy atom. The Hall–Kier alpha value is -1.89. The number of aryl methyl sites for hydroxylation is 1. The maximum absolute atomic E-state index is 12.5. The van der Waals surface area contributed by atoms with E-state index in [2.05, 4.69) is 19.6 Å². The van der Waals surface area contributed by atoms with Crippen molar-refractivity contribution in [1.82, 2.24) is 24.5 Å². The molecule has 3 rings (SSSR count). The number of hydrogen-bond acceptors (Lipinski definition) is 6. The third kappa shape index (κ3) is 2.92. The number of amides is 1.